The van der Waals surface area contributed by atoms with Crippen LogP contribution in [0.5, 0.6) is 0 Å². The number of benzene rings is 1. The van der Waals surface area contributed by atoms with Gasteiger partial charge in [0.1, 0.15) is 5.76 Å². The van der Waals surface area contributed by atoms with E-state index in [0.29, 0.717) is 0 Å². The molecular formula is C15H17BrN2O. The van der Waals surface area contributed by atoms with Crippen LogP contribution in [0.15, 0.2) is 44.2 Å². The minimum atomic E-state index is 0.732. The average Bonchev–Trinajstić information content (AvgIpc) is 2.78. The van der Waals surface area contributed by atoms with Gasteiger partial charge in [0.15, 0.2) is 0 Å². The monoisotopic (exact) mass is 320 g/mol. The fourth-order valence-electron chi connectivity index (χ4n) is 1.70. The second-order valence-electron chi connectivity index (χ2n) is 4.47. The lowest BCUT2D eigenvalue weighted by Gasteiger charge is -2.07. The fourth-order valence-corrected chi connectivity index (χ4v) is 2.36. The van der Waals surface area contributed by atoms with E-state index in [-0.39, 0.29) is 0 Å². The van der Waals surface area contributed by atoms with E-state index in [1.807, 2.05) is 37.2 Å². The smallest absolute Gasteiger partial charge is 0.210 e. The highest BCUT2D eigenvalue weighted by Gasteiger charge is 2.08. The first-order chi connectivity index (χ1) is 9.10. The molecule has 100 valence electrons. The van der Waals surface area contributed by atoms with E-state index < -0.39 is 0 Å². The van der Waals surface area contributed by atoms with Crippen molar-refractivity contribution in [2.24, 2.45) is 4.99 Å². The van der Waals surface area contributed by atoms with E-state index in [9.17, 15) is 0 Å². The van der Waals surface area contributed by atoms with E-state index >= 15 is 0 Å². The largest absolute Gasteiger partial charge is 0.438 e. The zero-order chi connectivity index (χ0) is 13.8. The molecule has 0 spiro atoms. The topological polar surface area (TPSA) is 28.7 Å². The molecule has 1 heterocycles. The molecule has 0 unspecified atom stereocenters. The van der Waals surface area contributed by atoms with Gasteiger partial charge in [0.25, 0.3) is 0 Å². The molecule has 2 aromatic rings. The molecule has 1 aromatic heterocycles. The predicted molar refractivity (Wildman–Crippen MR) is 83.8 cm³/mol. The number of halogens is 1. The zero-order valence-corrected chi connectivity index (χ0v) is 12.9. The fraction of sp³-hybridized carbons (Fsp3) is 0.267. The molecule has 4 heteroatoms. The summed E-state index contributed by atoms with van der Waals surface area (Å²) in [5, 5.41) is 0. The zero-order valence-electron chi connectivity index (χ0n) is 11.4. The molecule has 2 rings (SSSR count). The van der Waals surface area contributed by atoms with E-state index in [1.54, 1.807) is 6.21 Å². The van der Waals surface area contributed by atoms with Crippen LogP contribution in [0.1, 0.15) is 18.2 Å². The van der Waals surface area contributed by atoms with E-state index in [4.69, 9.17) is 4.42 Å². The minimum Gasteiger partial charge on any atom is -0.438 e. The first-order valence-electron chi connectivity index (χ1n) is 6.20. The van der Waals surface area contributed by atoms with Crippen molar-refractivity contribution in [3.05, 3.63) is 46.1 Å². The maximum absolute atomic E-state index is 5.67. The van der Waals surface area contributed by atoms with Crippen LogP contribution in [0.3, 0.4) is 0 Å². The van der Waals surface area contributed by atoms with Gasteiger partial charge in [-0.3, -0.25) is 4.99 Å². The lowest BCUT2D eigenvalue weighted by Crippen LogP contribution is -2.07. The Morgan fingerprint density at radius 3 is 2.47 bits per heavy atom. The van der Waals surface area contributed by atoms with E-state index in [0.717, 1.165) is 28.2 Å². The van der Waals surface area contributed by atoms with Crippen molar-refractivity contribution in [1.82, 2.24) is 0 Å². The second kappa shape index (κ2) is 6.06. The molecule has 3 nitrogen and oxygen atoms in total. The summed E-state index contributed by atoms with van der Waals surface area (Å²) in [7, 11) is 3.88. The third-order valence-corrected chi connectivity index (χ3v) is 3.35. The van der Waals surface area contributed by atoms with Crippen molar-refractivity contribution in [2.45, 2.75) is 13.3 Å². The first-order valence-corrected chi connectivity index (χ1v) is 6.99. The minimum absolute atomic E-state index is 0.732. The molecule has 0 saturated heterocycles. The van der Waals surface area contributed by atoms with Gasteiger partial charge >= 0.3 is 0 Å². The van der Waals surface area contributed by atoms with E-state index in [2.05, 4.69) is 40.0 Å². The van der Waals surface area contributed by atoms with Gasteiger partial charge in [-0.25, -0.2) is 0 Å². The highest BCUT2D eigenvalue weighted by Crippen LogP contribution is 2.28. The molecule has 0 aliphatic carbocycles. The van der Waals surface area contributed by atoms with Crippen LogP contribution >= 0.6 is 15.9 Å². The van der Waals surface area contributed by atoms with Gasteiger partial charge in [-0.2, -0.15) is 0 Å². The summed E-state index contributed by atoms with van der Waals surface area (Å²) in [5.74, 6) is 1.53. The Labute approximate surface area is 122 Å². The van der Waals surface area contributed by atoms with Gasteiger partial charge in [-0.15, -0.1) is 0 Å². The second-order valence-corrected chi connectivity index (χ2v) is 5.33. The summed E-state index contributed by atoms with van der Waals surface area (Å²) in [5.41, 5.74) is 2.24. The number of furan rings is 1. The Kier molecular flexibility index (Phi) is 4.43. The molecule has 0 N–H and O–H groups in total. The van der Waals surface area contributed by atoms with Crippen molar-refractivity contribution in [1.29, 1.82) is 0 Å². The highest BCUT2D eigenvalue weighted by atomic mass is 79.9. The third-order valence-electron chi connectivity index (χ3n) is 2.78. The number of nitrogens with zero attached hydrogens (tertiary/aromatic N) is 2. The van der Waals surface area contributed by atoms with Crippen LogP contribution in [-0.2, 0) is 6.42 Å². The molecule has 0 atom stereocenters. The Morgan fingerprint density at radius 2 is 1.95 bits per heavy atom. The van der Waals surface area contributed by atoms with Crippen LogP contribution in [-0.4, -0.2) is 20.3 Å². The number of hydrogen-bond acceptors (Lipinski definition) is 3. The molecule has 0 amide bonds. The van der Waals surface area contributed by atoms with Crippen LogP contribution in [0, 0.1) is 0 Å². The predicted octanol–water partition coefficient (Wildman–Crippen LogP) is 4.42. The number of aryl methyl sites for hydroxylation is 1. The normalized spacial score (nSPS) is 11.2. The number of anilines is 1. The van der Waals surface area contributed by atoms with Crippen LogP contribution in [0.4, 0.5) is 11.6 Å². The Balaban J connectivity index is 2.15. The summed E-state index contributed by atoms with van der Waals surface area (Å²) in [6.45, 7) is 2.14. The lowest BCUT2D eigenvalue weighted by atomic mass is 10.1. The molecule has 0 fully saturated rings. The summed E-state index contributed by atoms with van der Waals surface area (Å²) >= 11 is 3.47. The van der Waals surface area contributed by atoms with Gasteiger partial charge in [0.2, 0.25) is 5.88 Å². The highest BCUT2D eigenvalue weighted by molar-refractivity contribution is 9.10. The van der Waals surface area contributed by atoms with Crippen LogP contribution in [0.25, 0.3) is 0 Å². The van der Waals surface area contributed by atoms with Crippen molar-refractivity contribution >= 4 is 33.7 Å². The lowest BCUT2D eigenvalue weighted by molar-refractivity contribution is 0.557. The van der Waals surface area contributed by atoms with Gasteiger partial charge < -0.3 is 9.32 Å². The Morgan fingerprint density at radius 1 is 1.26 bits per heavy atom. The number of rotatable bonds is 4. The average molecular weight is 321 g/mol. The van der Waals surface area contributed by atoms with Gasteiger partial charge in [0.05, 0.1) is 16.4 Å². The maximum atomic E-state index is 5.67. The molecular weight excluding hydrogens is 304 g/mol. The van der Waals surface area contributed by atoms with Crippen molar-refractivity contribution in [3.8, 4) is 0 Å². The van der Waals surface area contributed by atoms with Crippen molar-refractivity contribution in [3.63, 3.8) is 0 Å². The number of hydrogen-bond donors (Lipinski definition) is 0. The third kappa shape index (κ3) is 3.47. The molecule has 0 aliphatic heterocycles. The van der Waals surface area contributed by atoms with E-state index in [1.165, 1.54) is 5.56 Å². The molecule has 1 aromatic carbocycles. The van der Waals surface area contributed by atoms with Gasteiger partial charge in [0, 0.05) is 20.2 Å². The van der Waals surface area contributed by atoms with Crippen LogP contribution in [0.2, 0.25) is 0 Å². The number of aliphatic imine (C=N–C) groups is 1. The maximum Gasteiger partial charge on any atom is 0.210 e. The summed E-state index contributed by atoms with van der Waals surface area (Å²) < 4.78 is 6.60. The molecule has 0 radical (unpaired) electrons. The molecule has 0 bridgehead atoms. The quantitative estimate of drug-likeness (QED) is 0.780. The van der Waals surface area contributed by atoms with Crippen molar-refractivity contribution in [2.75, 3.05) is 19.0 Å². The van der Waals surface area contributed by atoms with Gasteiger partial charge in [-0.1, -0.05) is 19.1 Å². The Hall–Kier alpha value is -1.55. The molecule has 19 heavy (non-hydrogen) atoms. The standard InChI is InChI=1S/C15H17BrN2O/c1-4-11-5-7-12(8-6-11)17-10-13-9-14(16)15(19-13)18(2)3/h5-10H,4H2,1-3H3. The summed E-state index contributed by atoms with van der Waals surface area (Å²) in [6.07, 6.45) is 2.78. The summed E-state index contributed by atoms with van der Waals surface area (Å²) in [6, 6.07) is 10.1. The van der Waals surface area contributed by atoms with Crippen molar-refractivity contribution < 1.29 is 4.42 Å². The SMILES string of the molecule is CCc1ccc(N=Cc2cc(Br)c(N(C)C)o2)cc1. The molecule has 0 aliphatic rings. The van der Waals surface area contributed by atoms with Gasteiger partial charge in [-0.05, 0) is 40.0 Å². The summed E-state index contributed by atoms with van der Waals surface area (Å²) in [4.78, 5) is 6.32. The van der Waals surface area contributed by atoms with Crippen LogP contribution < -0.4 is 4.90 Å². The Bertz CT molecular complexity index is 570. The molecule has 0 saturated carbocycles. The first kappa shape index (κ1) is 13.9.